The van der Waals surface area contributed by atoms with Crippen LogP contribution >= 0.6 is 0 Å². The van der Waals surface area contributed by atoms with Gasteiger partial charge in [0.1, 0.15) is 6.54 Å². The molecule has 0 bridgehead atoms. The molecule has 1 fully saturated rings. The van der Waals surface area contributed by atoms with Gasteiger partial charge in [-0.1, -0.05) is 35.9 Å². The van der Waals surface area contributed by atoms with E-state index >= 15 is 0 Å². The maximum absolute atomic E-state index is 13.2. The van der Waals surface area contributed by atoms with Crippen molar-refractivity contribution >= 4 is 21.6 Å². The van der Waals surface area contributed by atoms with Gasteiger partial charge in [-0.25, -0.2) is 8.42 Å². The molecule has 1 amide bonds. The number of nitrogens with zero attached hydrogens (tertiary/aromatic N) is 2. The molecule has 1 heterocycles. The fourth-order valence-electron chi connectivity index (χ4n) is 3.47. The van der Waals surface area contributed by atoms with Crippen molar-refractivity contribution in [2.45, 2.75) is 31.1 Å². The number of sulfonamides is 1. The van der Waals surface area contributed by atoms with Crippen LogP contribution in [-0.2, 0) is 14.8 Å². The lowest BCUT2D eigenvalue weighted by Gasteiger charge is -2.24. The minimum atomic E-state index is -3.85. The summed E-state index contributed by atoms with van der Waals surface area (Å²) in [5.74, 6) is -0.300. The molecule has 1 aliphatic rings. The van der Waals surface area contributed by atoms with Crippen LogP contribution in [0.4, 0.5) is 5.69 Å². The zero-order valence-corrected chi connectivity index (χ0v) is 17.7. The van der Waals surface area contributed by atoms with Crippen molar-refractivity contribution in [3.63, 3.8) is 0 Å². The quantitative estimate of drug-likeness (QED) is 0.640. The summed E-state index contributed by atoms with van der Waals surface area (Å²) in [7, 11) is -3.85. The first kappa shape index (κ1) is 21.3. The lowest BCUT2D eigenvalue weighted by molar-refractivity contribution is -0.119. The van der Waals surface area contributed by atoms with Crippen LogP contribution in [0.3, 0.4) is 0 Å². The average Bonchev–Trinajstić information content (AvgIpc) is 3.24. The summed E-state index contributed by atoms with van der Waals surface area (Å²) < 4.78 is 27.6. The van der Waals surface area contributed by atoms with E-state index in [0.29, 0.717) is 12.2 Å². The van der Waals surface area contributed by atoms with Crippen molar-refractivity contribution in [3.05, 3.63) is 60.2 Å². The van der Waals surface area contributed by atoms with Crippen LogP contribution in [0.2, 0.25) is 0 Å². The minimum absolute atomic E-state index is 0.175. The Bertz CT molecular complexity index is 893. The standard InChI is InChI=1S/C22H29N3O3S/c1-19-10-12-21(13-11-19)29(27,28)25(20-8-3-2-4-9-20)18-22(26)23-14-7-17-24-15-5-6-16-24/h2-4,8-13H,5-7,14-18H2,1H3,(H,23,26). The third-order valence-corrected chi connectivity index (χ3v) is 6.90. The summed E-state index contributed by atoms with van der Waals surface area (Å²) >= 11 is 0. The second-order valence-electron chi connectivity index (χ2n) is 7.41. The molecular formula is C22H29N3O3S. The Hall–Kier alpha value is -2.38. The van der Waals surface area contributed by atoms with Gasteiger partial charge in [0.15, 0.2) is 0 Å². The Labute approximate surface area is 173 Å². The molecule has 0 radical (unpaired) electrons. The first-order valence-corrected chi connectivity index (χ1v) is 11.5. The SMILES string of the molecule is Cc1ccc(S(=O)(=O)N(CC(=O)NCCCN2CCCC2)c2ccccc2)cc1. The number of para-hydroxylation sites is 1. The van der Waals surface area contributed by atoms with E-state index in [9.17, 15) is 13.2 Å². The first-order chi connectivity index (χ1) is 14.0. The van der Waals surface area contributed by atoms with Crippen LogP contribution < -0.4 is 9.62 Å². The summed E-state index contributed by atoms with van der Waals surface area (Å²) in [6, 6.07) is 15.4. The molecule has 0 spiro atoms. The molecule has 0 atom stereocenters. The van der Waals surface area contributed by atoms with Gasteiger partial charge in [-0.15, -0.1) is 0 Å². The highest BCUT2D eigenvalue weighted by Gasteiger charge is 2.27. The van der Waals surface area contributed by atoms with Crippen LogP contribution in [0.15, 0.2) is 59.5 Å². The second-order valence-corrected chi connectivity index (χ2v) is 9.27. The molecule has 2 aromatic carbocycles. The lowest BCUT2D eigenvalue weighted by Crippen LogP contribution is -2.41. The predicted molar refractivity (Wildman–Crippen MR) is 115 cm³/mol. The van der Waals surface area contributed by atoms with Gasteiger partial charge in [0.25, 0.3) is 10.0 Å². The van der Waals surface area contributed by atoms with E-state index in [0.717, 1.165) is 31.6 Å². The van der Waals surface area contributed by atoms with E-state index in [-0.39, 0.29) is 17.3 Å². The van der Waals surface area contributed by atoms with E-state index in [1.165, 1.54) is 17.1 Å². The molecule has 1 N–H and O–H groups in total. The van der Waals surface area contributed by atoms with Gasteiger partial charge in [-0.05, 0) is 70.1 Å². The van der Waals surface area contributed by atoms with E-state index in [2.05, 4.69) is 10.2 Å². The summed E-state index contributed by atoms with van der Waals surface area (Å²) in [6.07, 6.45) is 3.35. The van der Waals surface area contributed by atoms with Crippen molar-refractivity contribution in [1.29, 1.82) is 0 Å². The van der Waals surface area contributed by atoms with Crippen molar-refractivity contribution < 1.29 is 13.2 Å². The van der Waals surface area contributed by atoms with Crippen LogP contribution in [-0.4, -0.2) is 51.9 Å². The number of aryl methyl sites for hydroxylation is 1. The molecule has 7 heteroatoms. The van der Waals surface area contributed by atoms with Crippen molar-refractivity contribution in [3.8, 4) is 0 Å². The zero-order valence-electron chi connectivity index (χ0n) is 16.9. The number of nitrogens with one attached hydrogen (secondary N) is 1. The summed E-state index contributed by atoms with van der Waals surface area (Å²) in [5, 5.41) is 2.87. The number of anilines is 1. The topological polar surface area (TPSA) is 69.7 Å². The molecule has 3 rings (SSSR count). The molecular weight excluding hydrogens is 386 g/mol. The predicted octanol–water partition coefficient (Wildman–Crippen LogP) is 2.79. The number of hydrogen-bond acceptors (Lipinski definition) is 4. The van der Waals surface area contributed by atoms with Crippen LogP contribution in [0, 0.1) is 6.92 Å². The molecule has 156 valence electrons. The van der Waals surface area contributed by atoms with Gasteiger partial charge in [-0.2, -0.15) is 0 Å². The number of hydrogen-bond donors (Lipinski definition) is 1. The third-order valence-electron chi connectivity index (χ3n) is 5.11. The number of benzene rings is 2. The Balaban J connectivity index is 1.67. The summed E-state index contributed by atoms with van der Waals surface area (Å²) in [6.45, 7) is 5.42. The zero-order chi connectivity index (χ0) is 20.7. The number of amides is 1. The molecule has 0 aliphatic carbocycles. The van der Waals surface area contributed by atoms with Gasteiger partial charge in [0, 0.05) is 6.54 Å². The number of carbonyl (C=O) groups is 1. The highest BCUT2D eigenvalue weighted by Crippen LogP contribution is 2.23. The Morgan fingerprint density at radius 1 is 1.03 bits per heavy atom. The van der Waals surface area contributed by atoms with Crippen molar-refractivity contribution in [1.82, 2.24) is 10.2 Å². The largest absolute Gasteiger partial charge is 0.354 e. The molecule has 0 aromatic heterocycles. The van der Waals surface area contributed by atoms with E-state index in [4.69, 9.17) is 0 Å². The Kier molecular flexibility index (Phi) is 7.28. The van der Waals surface area contributed by atoms with Gasteiger partial charge in [0.2, 0.25) is 5.91 Å². The number of rotatable bonds is 9. The van der Waals surface area contributed by atoms with Crippen molar-refractivity contribution in [2.75, 3.05) is 37.0 Å². The van der Waals surface area contributed by atoms with Gasteiger partial charge in [0.05, 0.1) is 10.6 Å². The van der Waals surface area contributed by atoms with Gasteiger partial charge < -0.3 is 10.2 Å². The molecule has 1 aliphatic heterocycles. The normalized spacial score (nSPS) is 14.7. The molecule has 29 heavy (non-hydrogen) atoms. The highest BCUT2D eigenvalue weighted by molar-refractivity contribution is 7.92. The summed E-state index contributed by atoms with van der Waals surface area (Å²) in [5.41, 5.74) is 1.45. The van der Waals surface area contributed by atoms with E-state index in [1.807, 2.05) is 13.0 Å². The molecule has 1 saturated heterocycles. The smallest absolute Gasteiger partial charge is 0.264 e. The minimum Gasteiger partial charge on any atom is -0.354 e. The number of carbonyl (C=O) groups excluding carboxylic acids is 1. The Morgan fingerprint density at radius 3 is 2.34 bits per heavy atom. The molecule has 0 saturated carbocycles. The second kappa shape index (κ2) is 9.89. The van der Waals surface area contributed by atoms with Crippen LogP contribution in [0.5, 0.6) is 0 Å². The fourth-order valence-corrected chi connectivity index (χ4v) is 4.89. The highest BCUT2D eigenvalue weighted by atomic mass is 32.2. The van der Waals surface area contributed by atoms with Gasteiger partial charge in [-0.3, -0.25) is 9.10 Å². The van der Waals surface area contributed by atoms with Gasteiger partial charge >= 0.3 is 0 Å². The maximum Gasteiger partial charge on any atom is 0.264 e. The van der Waals surface area contributed by atoms with Crippen LogP contribution in [0.1, 0.15) is 24.8 Å². The summed E-state index contributed by atoms with van der Waals surface area (Å²) in [4.78, 5) is 15.1. The molecule has 0 unspecified atom stereocenters. The third kappa shape index (κ3) is 5.81. The maximum atomic E-state index is 13.2. The van der Waals surface area contributed by atoms with Crippen LogP contribution in [0.25, 0.3) is 0 Å². The fraction of sp³-hybridized carbons (Fsp3) is 0.409. The Morgan fingerprint density at radius 2 is 1.69 bits per heavy atom. The molecule has 6 nitrogen and oxygen atoms in total. The average molecular weight is 416 g/mol. The monoisotopic (exact) mass is 415 g/mol. The van der Waals surface area contributed by atoms with Crippen molar-refractivity contribution in [2.24, 2.45) is 0 Å². The first-order valence-electron chi connectivity index (χ1n) is 10.1. The van der Waals surface area contributed by atoms with E-state index in [1.54, 1.807) is 48.5 Å². The number of likely N-dealkylation sites (tertiary alicyclic amines) is 1. The molecule has 2 aromatic rings. The lowest BCUT2D eigenvalue weighted by atomic mass is 10.2. The van der Waals surface area contributed by atoms with E-state index < -0.39 is 10.0 Å².